The van der Waals surface area contributed by atoms with E-state index in [9.17, 15) is 9.59 Å². The molecule has 3 heterocycles. The number of aromatic nitrogens is 2. The minimum Gasteiger partial charge on any atom is -0.459 e. The summed E-state index contributed by atoms with van der Waals surface area (Å²) >= 11 is 0. The fourth-order valence-corrected chi connectivity index (χ4v) is 2.94. The Hall–Kier alpha value is -2.57. The van der Waals surface area contributed by atoms with Crippen LogP contribution in [0.3, 0.4) is 0 Å². The Balaban J connectivity index is 1.55. The first-order valence-corrected chi connectivity index (χ1v) is 8.25. The zero-order valence-corrected chi connectivity index (χ0v) is 13.8. The summed E-state index contributed by atoms with van der Waals surface area (Å²) in [6.45, 7) is 4.37. The lowest BCUT2D eigenvalue weighted by molar-refractivity contribution is -0.131. The van der Waals surface area contributed by atoms with Crippen molar-refractivity contribution in [2.24, 2.45) is 0 Å². The predicted molar refractivity (Wildman–Crippen MR) is 87.4 cm³/mol. The van der Waals surface area contributed by atoms with Crippen molar-refractivity contribution in [3.8, 4) is 0 Å². The van der Waals surface area contributed by atoms with Gasteiger partial charge in [0.2, 0.25) is 5.91 Å². The van der Waals surface area contributed by atoms with Gasteiger partial charge in [0.05, 0.1) is 12.3 Å². The largest absolute Gasteiger partial charge is 0.459 e. The Labute approximate surface area is 140 Å². The number of hydrogen-bond donors (Lipinski definition) is 0. The molecule has 128 valence electrons. The summed E-state index contributed by atoms with van der Waals surface area (Å²) in [4.78, 5) is 28.5. The summed E-state index contributed by atoms with van der Waals surface area (Å²) in [5.41, 5.74) is 0. The molecule has 24 heavy (non-hydrogen) atoms. The highest BCUT2D eigenvalue weighted by Crippen LogP contribution is 2.14. The molecule has 1 fully saturated rings. The maximum absolute atomic E-state index is 12.5. The SMILES string of the molecule is CC(CC(=O)N1CCCN(C(=O)c2ccco2)CC1)n1cccn1. The zero-order chi connectivity index (χ0) is 16.9. The van der Waals surface area contributed by atoms with Crippen molar-refractivity contribution < 1.29 is 14.0 Å². The monoisotopic (exact) mass is 330 g/mol. The van der Waals surface area contributed by atoms with E-state index in [1.54, 1.807) is 27.9 Å². The maximum atomic E-state index is 12.5. The highest BCUT2D eigenvalue weighted by atomic mass is 16.3. The van der Waals surface area contributed by atoms with E-state index >= 15 is 0 Å². The first-order chi connectivity index (χ1) is 11.6. The van der Waals surface area contributed by atoms with Gasteiger partial charge in [-0.25, -0.2) is 0 Å². The quantitative estimate of drug-likeness (QED) is 0.857. The van der Waals surface area contributed by atoms with Crippen LogP contribution in [-0.4, -0.2) is 57.6 Å². The van der Waals surface area contributed by atoms with Gasteiger partial charge >= 0.3 is 0 Å². The van der Waals surface area contributed by atoms with Gasteiger partial charge < -0.3 is 14.2 Å². The van der Waals surface area contributed by atoms with Gasteiger partial charge in [-0.05, 0) is 31.5 Å². The Morgan fingerprint density at radius 2 is 2.00 bits per heavy atom. The molecule has 1 unspecified atom stereocenters. The number of nitrogens with zero attached hydrogens (tertiary/aromatic N) is 4. The zero-order valence-electron chi connectivity index (χ0n) is 13.8. The lowest BCUT2D eigenvalue weighted by atomic mass is 10.2. The number of carbonyl (C=O) groups excluding carboxylic acids is 2. The van der Waals surface area contributed by atoms with Crippen LogP contribution in [0.15, 0.2) is 41.3 Å². The Morgan fingerprint density at radius 3 is 2.71 bits per heavy atom. The Kier molecular flexibility index (Phi) is 4.98. The molecule has 0 radical (unpaired) electrons. The molecule has 0 spiro atoms. The minimum absolute atomic E-state index is 0.0246. The van der Waals surface area contributed by atoms with Crippen molar-refractivity contribution in [3.63, 3.8) is 0 Å². The number of hydrogen-bond acceptors (Lipinski definition) is 4. The van der Waals surface area contributed by atoms with Gasteiger partial charge in [0.15, 0.2) is 5.76 Å². The van der Waals surface area contributed by atoms with Crippen LogP contribution < -0.4 is 0 Å². The van der Waals surface area contributed by atoms with E-state index in [1.807, 2.05) is 24.1 Å². The molecule has 0 aliphatic carbocycles. The fraction of sp³-hybridized carbons (Fsp3) is 0.471. The van der Waals surface area contributed by atoms with Crippen LogP contribution in [0.25, 0.3) is 0 Å². The fourth-order valence-electron chi connectivity index (χ4n) is 2.94. The van der Waals surface area contributed by atoms with Crippen LogP contribution in [0.2, 0.25) is 0 Å². The first kappa shape index (κ1) is 16.3. The molecule has 1 aliphatic rings. The first-order valence-electron chi connectivity index (χ1n) is 8.25. The van der Waals surface area contributed by atoms with Crippen molar-refractivity contribution in [1.29, 1.82) is 0 Å². The predicted octanol–water partition coefficient (Wildman–Crippen LogP) is 1.80. The van der Waals surface area contributed by atoms with Gasteiger partial charge in [0, 0.05) is 45.0 Å². The van der Waals surface area contributed by atoms with E-state index < -0.39 is 0 Å². The molecule has 0 N–H and O–H groups in total. The molecular formula is C17H22N4O3. The van der Waals surface area contributed by atoms with Gasteiger partial charge in [-0.1, -0.05) is 0 Å². The van der Waals surface area contributed by atoms with Gasteiger partial charge in [0.1, 0.15) is 0 Å². The summed E-state index contributed by atoms with van der Waals surface area (Å²) in [5.74, 6) is 0.339. The second kappa shape index (κ2) is 7.33. The highest BCUT2D eigenvalue weighted by molar-refractivity contribution is 5.91. The Bertz CT molecular complexity index is 666. The summed E-state index contributed by atoms with van der Waals surface area (Å²) < 4.78 is 6.97. The van der Waals surface area contributed by atoms with E-state index in [1.165, 1.54) is 6.26 Å². The topological polar surface area (TPSA) is 71.6 Å². The third-order valence-electron chi connectivity index (χ3n) is 4.31. The molecule has 1 aliphatic heterocycles. The smallest absolute Gasteiger partial charge is 0.289 e. The van der Waals surface area contributed by atoms with Crippen molar-refractivity contribution in [1.82, 2.24) is 19.6 Å². The molecule has 0 bridgehead atoms. The van der Waals surface area contributed by atoms with Crippen LogP contribution in [0.1, 0.15) is 36.4 Å². The molecule has 0 aromatic carbocycles. The molecule has 2 aromatic rings. The normalized spacial score (nSPS) is 16.7. The van der Waals surface area contributed by atoms with Gasteiger partial charge in [0.25, 0.3) is 5.91 Å². The second-order valence-electron chi connectivity index (χ2n) is 6.04. The third kappa shape index (κ3) is 3.67. The molecule has 2 aromatic heterocycles. The van der Waals surface area contributed by atoms with Crippen LogP contribution in [0, 0.1) is 0 Å². The van der Waals surface area contributed by atoms with Gasteiger partial charge in [-0.15, -0.1) is 0 Å². The average Bonchev–Trinajstić information content (AvgIpc) is 3.24. The van der Waals surface area contributed by atoms with Crippen LogP contribution in [0.5, 0.6) is 0 Å². The Morgan fingerprint density at radius 1 is 1.21 bits per heavy atom. The molecule has 7 heteroatoms. The van der Waals surface area contributed by atoms with Gasteiger partial charge in [-0.2, -0.15) is 5.10 Å². The van der Waals surface area contributed by atoms with Crippen LogP contribution >= 0.6 is 0 Å². The molecule has 7 nitrogen and oxygen atoms in total. The van der Waals surface area contributed by atoms with E-state index in [4.69, 9.17) is 4.42 Å². The van der Waals surface area contributed by atoms with E-state index in [-0.39, 0.29) is 17.9 Å². The molecule has 2 amide bonds. The third-order valence-corrected chi connectivity index (χ3v) is 4.31. The van der Waals surface area contributed by atoms with E-state index in [0.717, 1.165) is 6.42 Å². The summed E-state index contributed by atoms with van der Waals surface area (Å²) in [6.07, 6.45) is 6.26. The molecule has 1 saturated heterocycles. The number of carbonyl (C=O) groups is 2. The maximum Gasteiger partial charge on any atom is 0.289 e. The lowest BCUT2D eigenvalue weighted by Gasteiger charge is -2.23. The number of furan rings is 1. The summed E-state index contributed by atoms with van der Waals surface area (Å²) in [5, 5.41) is 4.18. The van der Waals surface area contributed by atoms with Gasteiger partial charge in [-0.3, -0.25) is 14.3 Å². The summed E-state index contributed by atoms with van der Waals surface area (Å²) in [7, 11) is 0. The molecule has 1 atom stereocenters. The van der Waals surface area contributed by atoms with Crippen LogP contribution in [0.4, 0.5) is 0 Å². The average molecular weight is 330 g/mol. The van der Waals surface area contributed by atoms with E-state index in [0.29, 0.717) is 38.4 Å². The number of amides is 2. The lowest BCUT2D eigenvalue weighted by Crippen LogP contribution is -2.37. The van der Waals surface area contributed by atoms with Crippen LogP contribution in [-0.2, 0) is 4.79 Å². The highest BCUT2D eigenvalue weighted by Gasteiger charge is 2.25. The second-order valence-corrected chi connectivity index (χ2v) is 6.04. The minimum atomic E-state index is -0.112. The van der Waals surface area contributed by atoms with Crippen molar-refractivity contribution in [2.45, 2.75) is 25.8 Å². The summed E-state index contributed by atoms with van der Waals surface area (Å²) in [6, 6.07) is 5.25. The van der Waals surface area contributed by atoms with Crippen molar-refractivity contribution in [3.05, 3.63) is 42.6 Å². The van der Waals surface area contributed by atoms with Crippen molar-refractivity contribution in [2.75, 3.05) is 26.2 Å². The van der Waals surface area contributed by atoms with Crippen molar-refractivity contribution >= 4 is 11.8 Å². The number of rotatable bonds is 4. The molecular weight excluding hydrogens is 308 g/mol. The van der Waals surface area contributed by atoms with E-state index in [2.05, 4.69) is 5.10 Å². The molecule has 0 saturated carbocycles. The standard InChI is InChI=1S/C17H22N4O3/c1-14(21-9-3-6-18-21)13-16(22)19-7-4-8-20(11-10-19)17(23)15-5-2-12-24-15/h2-3,5-6,9,12,14H,4,7-8,10-11,13H2,1H3. The molecule has 3 rings (SSSR count).